The Labute approximate surface area is 550 Å². The number of nitrogens with zero attached hydrogens (tertiary/aromatic N) is 4. The van der Waals surface area contributed by atoms with E-state index in [9.17, 15) is 5.26 Å². The fourth-order valence-corrected chi connectivity index (χ4v) is 14.9. The van der Waals surface area contributed by atoms with Crippen LogP contribution in [0.25, 0.3) is 171 Å². The highest BCUT2D eigenvalue weighted by Crippen LogP contribution is 2.53. The van der Waals surface area contributed by atoms with Crippen LogP contribution in [-0.2, 0) is 0 Å². The van der Waals surface area contributed by atoms with Crippen molar-refractivity contribution in [2.75, 3.05) is 0 Å². The van der Waals surface area contributed by atoms with Gasteiger partial charge in [0.2, 0.25) is 0 Å². The summed E-state index contributed by atoms with van der Waals surface area (Å²) >= 11 is 0. The Hall–Kier alpha value is -12.8. The quantitative estimate of drug-likeness (QED) is 0.127. The zero-order valence-corrected chi connectivity index (χ0v) is 51.8. The molecule has 0 aliphatic carbocycles. The molecule has 4 heteroatoms. The molecule has 4 nitrogen and oxygen atoms in total. The van der Waals surface area contributed by atoms with Crippen molar-refractivity contribution in [3.8, 4) is 112 Å². The number of aromatic nitrogens is 3. The maximum absolute atomic E-state index is 12.8. The highest BCUT2D eigenvalue weighted by Gasteiger charge is 2.34. The third-order valence-corrected chi connectivity index (χ3v) is 19.3. The molecule has 15 aromatic carbocycles. The molecule has 0 radical (unpaired) electrons. The van der Waals surface area contributed by atoms with E-state index in [1.807, 2.05) is 0 Å². The molecule has 0 aliphatic heterocycles. The molecule has 0 aliphatic rings. The van der Waals surface area contributed by atoms with Gasteiger partial charge in [-0.2, -0.15) is 5.26 Å². The largest absolute Gasteiger partial charge is 0.306 e. The number of rotatable bonds is 11. The van der Waals surface area contributed by atoms with Crippen LogP contribution in [0, 0.1) is 11.3 Å². The summed E-state index contributed by atoms with van der Waals surface area (Å²) in [7, 11) is 0. The van der Waals surface area contributed by atoms with Gasteiger partial charge in [0.15, 0.2) is 0 Å². The van der Waals surface area contributed by atoms with Gasteiger partial charge in [0, 0.05) is 43.4 Å². The van der Waals surface area contributed by atoms with Crippen LogP contribution in [0.1, 0.15) is 5.56 Å². The van der Waals surface area contributed by atoms with Crippen molar-refractivity contribution in [3.63, 3.8) is 0 Å². The molecule has 95 heavy (non-hydrogen) atoms. The molecule has 0 atom stereocenters. The van der Waals surface area contributed by atoms with Gasteiger partial charge in [-0.15, -0.1) is 0 Å². The summed E-state index contributed by atoms with van der Waals surface area (Å²) in [4.78, 5) is 0. The average molecular weight is 1210 g/mol. The lowest BCUT2D eigenvalue weighted by Gasteiger charge is -2.29. The summed E-state index contributed by atoms with van der Waals surface area (Å²) in [5.74, 6) is 0. The average Bonchev–Trinajstić information content (AvgIpc) is 1.59. The summed E-state index contributed by atoms with van der Waals surface area (Å²) in [5, 5.41) is 19.4. The van der Waals surface area contributed by atoms with E-state index < -0.39 is 0 Å². The van der Waals surface area contributed by atoms with Gasteiger partial charge in [-0.05, 0) is 151 Å². The van der Waals surface area contributed by atoms with E-state index >= 15 is 0 Å². The minimum atomic E-state index is 0.559. The molecule has 0 saturated heterocycles. The Morgan fingerprint density at radius 1 is 0.179 bits per heavy atom. The number of benzene rings is 15. The molecule has 0 spiro atoms. The molecule has 0 bridgehead atoms. The maximum Gasteiger partial charge on any atom is 0.101 e. The molecule has 0 fully saturated rings. The first kappa shape index (κ1) is 55.1. The van der Waals surface area contributed by atoms with Gasteiger partial charge in [-0.25, -0.2) is 0 Å². The van der Waals surface area contributed by atoms with Gasteiger partial charge in [-0.1, -0.05) is 279 Å². The number of nitriles is 1. The van der Waals surface area contributed by atoms with Gasteiger partial charge in [-0.3, -0.25) is 0 Å². The zero-order chi connectivity index (χ0) is 62.9. The first-order valence-electron chi connectivity index (χ1n) is 32.4. The van der Waals surface area contributed by atoms with Crippen molar-refractivity contribution >= 4 is 65.4 Å². The molecule has 442 valence electrons. The van der Waals surface area contributed by atoms with E-state index in [-0.39, 0.29) is 0 Å². The van der Waals surface area contributed by atoms with Crippen LogP contribution in [0.2, 0.25) is 0 Å². The Kier molecular flexibility index (Phi) is 13.2. The van der Waals surface area contributed by atoms with Crippen LogP contribution in [0.15, 0.2) is 352 Å². The van der Waals surface area contributed by atoms with Crippen molar-refractivity contribution in [2.45, 2.75) is 0 Å². The zero-order valence-electron chi connectivity index (χ0n) is 51.8. The second-order valence-electron chi connectivity index (χ2n) is 24.6. The summed E-state index contributed by atoms with van der Waals surface area (Å²) < 4.78 is 7.57. The molecule has 3 aromatic heterocycles. The fourth-order valence-electron chi connectivity index (χ4n) is 14.9. The van der Waals surface area contributed by atoms with Crippen LogP contribution < -0.4 is 0 Å². The third kappa shape index (κ3) is 9.20. The molecule has 18 aromatic rings. The number of fused-ring (bicyclic) bond motifs is 9. The number of hydrogen-bond acceptors (Lipinski definition) is 1. The van der Waals surface area contributed by atoms with E-state index in [0.717, 1.165) is 171 Å². The molecular formula is C91H58N4. The molecule has 18 rings (SSSR count). The minimum absolute atomic E-state index is 0.559. The minimum Gasteiger partial charge on any atom is -0.306 e. The van der Waals surface area contributed by atoms with Crippen LogP contribution in [0.5, 0.6) is 0 Å². The predicted octanol–water partition coefficient (Wildman–Crippen LogP) is 24.2. The fraction of sp³-hybridized carbons (Fsp3) is 0. The van der Waals surface area contributed by atoms with E-state index in [2.05, 4.69) is 372 Å². The second kappa shape index (κ2) is 22.8. The Bertz CT molecular complexity index is 5470. The number of hydrogen-bond donors (Lipinski definition) is 0. The van der Waals surface area contributed by atoms with Crippen molar-refractivity contribution in [2.24, 2.45) is 0 Å². The van der Waals surface area contributed by atoms with E-state index in [1.54, 1.807) is 0 Å². The molecular weight excluding hydrogens is 1150 g/mol. The van der Waals surface area contributed by atoms with Gasteiger partial charge in [0.1, 0.15) is 6.07 Å². The lowest BCUT2D eigenvalue weighted by atomic mass is 9.87. The molecule has 0 unspecified atom stereocenters. The van der Waals surface area contributed by atoms with Crippen molar-refractivity contribution in [1.29, 1.82) is 5.26 Å². The smallest absolute Gasteiger partial charge is 0.101 e. The van der Waals surface area contributed by atoms with Gasteiger partial charge in [0.05, 0.1) is 55.7 Å². The summed E-state index contributed by atoms with van der Waals surface area (Å²) in [5.41, 5.74) is 26.3. The van der Waals surface area contributed by atoms with Crippen molar-refractivity contribution in [1.82, 2.24) is 13.7 Å². The molecule has 0 saturated carbocycles. The van der Waals surface area contributed by atoms with E-state index in [0.29, 0.717) is 5.56 Å². The molecule has 0 N–H and O–H groups in total. The summed E-state index contributed by atoms with van der Waals surface area (Å²) in [6.45, 7) is 0. The first-order chi connectivity index (χ1) is 47.1. The normalized spacial score (nSPS) is 11.6. The third-order valence-electron chi connectivity index (χ3n) is 19.3. The first-order valence-corrected chi connectivity index (χ1v) is 32.4. The monoisotopic (exact) mass is 1210 g/mol. The van der Waals surface area contributed by atoms with E-state index in [1.165, 1.54) is 0 Å². The van der Waals surface area contributed by atoms with Crippen molar-refractivity contribution in [3.05, 3.63) is 357 Å². The SMILES string of the molecule is N#Cc1c(-c2ccccc2)c(-n2c3ccc(-c4ccccc4)cc3c3cc(-c4ccccc4)ccc32)c(-n2c3ccc(-c4ccccc4)cc3c3cc(-c4ccccc4)ccc32)c(-n2c3ccc(-c4ccccc4)cc3c3cc(-c4ccccc4)ccc32)c1-c1ccccc1. The van der Waals surface area contributed by atoms with Gasteiger partial charge < -0.3 is 13.7 Å². The highest BCUT2D eigenvalue weighted by atomic mass is 15.1. The topological polar surface area (TPSA) is 38.6 Å². The Morgan fingerprint density at radius 2 is 0.358 bits per heavy atom. The van der Waals surface area contributed by atoms with Crippen molar-refractivity contribution < 1.29 is 0 Å². The summed E-state index contributed by atoms with van der Waals surface area (Å²) in [6, 6.07) is 131. The molecule has 0 amide bonds. The van der Waals surface area contributed by atoms with Gasteiger partial charge >= 0.3 is 0 Å². The van der Waals surface area contributed by atoms with Crippen LogP contribution in [0.4, 0.5) is 0 Å². The second-order valence-corrected chi connectivity index (χ2v) is 24.6. The van der Waals surface area contributed by atoms with Gasteiger partial charge in [0.25, 0.3) is 0 Å². The summed E-state index contributed by atoms with van der Waals surface area (Å²) in [6.07, 6.45) is 0. The predicted molar refractivity (Wildman–Crippen MR) is 398 cm³/mol. The maximum atomic E-state index is 12.8. The Balaban J connectivity index is 1.10. The standard InChI is InChI=1S/C91H58N4/c92-59-80-87(66-37-21-7-22-38-66)89(93-81-47-41-68(60-25-9-1-10-26-60)53-74(81)75-54-69(42-48-82(75)93)61-27-11-2-12-28-61)91(95-85-51-45-72(64-33-17-5-18-34-64)57-78(85)79-58-73(46-52-86(79)95)65-35-19-6-20-36-65)90(88(80)67-39-23-8-24-40-67)94-83-49-43-70(62-29-13-3-14-30-62)55-76(83)77-56-71(44-50-84(77)94)63-31-15-4-16-32-63/h1-58H. The lowest BCUT2D eigenvalue weighted by Crippen LogP contribution is -2.14. The van der Waals surface area contributed by atoms with Crippen LogP contribution in [-0.4, -0.2) is 13.7 Å². The highest BCUT2D eigenvalue weighted by molar-refractivity contribution is 6.18. The van der Waals surface area contributed by atoms with Crippen LogP contribution >= 0.6 is 0 Å². The van der Waals surface area contributed by atoms with Crippen LogP contribution in [0.3, 0.4) is 0 Å². The Morgan fingerprint density at radius 3 is 0.547 bits per heavy atom. The van der Waals surface area contributed by atoms with E-state index in [4.69, 9.17) is 0 Å². The lowest BCUT2D eigenvalue weighted by molar-refractivity contribution is 1.05. The molecule has 3 heterocycles.